The summed E-state index contributed by atoms with van der Waals surface area (Å²) in [6.45, 7) is 2.82. The predicted molar refractivity (Wildman–Crippen MR) is 67.0 cm³/mol. The number of oxazole rings is 1. The standard InChI is InChI=1S/C12H13N3O4/c16-11(17)8-1-2-9-10(7-8)19-12(13-9)14-15-3-5-18-6-4-15/h1-2,7H,3-6H2,(H,13,14)(H,16,17). The fourth-order valence-electron chi connectivity index (χ4n) is 1.92. The van der Waals surface area contributed by atoms with Crippen LogP contribution in [0.2, 0.25) is 0 Å². The van der Waals surface area contributed by atoms with Crippen molar-refractivity contribution >= 4 is 23.1 Å². The molecule has 1 aromatic carbocycles. The van der Waals surface area contributed by atoms with Gasteiger partial charge in [0.25, 0.3) is 0 Å². The van der Waals surface area contributed by atoms with E-state index in [9.17, 15) is 4.79 Å². The van der Waals surface area contributed by atoms with Gasteiger partial charge in [0, 0.05) is 13.1 Å². The Hall–Kier alpha value is -2.12. The van der Waals surface area contributed by atoms with E-state index in [2.05, 4.69) is 10.4 Å². The van der Waals surface area contributed by atoms with Crippen LogP contribution in [0.4, 0.5) is 6.01 Å². The molecule has 2 heterocycles. The minimum Gasteiger partial charge on any atom is -0.478 e. The van der Waals surface area contributed by atoms with Crippen molar-refractivity contribution in [3.63, 3.8) is 0 Å². The van der Waals surface area contributed by atoms with E-state index in [0.717, 1.165) is 13.1 Å². The number of ether oxygens (including phenoxy) is 1. The first-order valence-electron chi connectivity index (χ1n) is 5.95. The highest BCUT2D eigenvalue weighted by Crippen LogP contribution is 2.20. The van der Waals surface area contributed by atoms with Crippen molar-refractivity contribution in [3.8, 4) is 0 Å². The van der Waals surface area contributed by atoms with Gasteiger partial charge in [0.15, 0.2) is 5.58 Å². The third-order valence-corrected chi connectivity index (χ3v) is 2.90. The molecule has 7 nitrogen and oxygen atoms in total. The zero-order valence-electron chi connectivity index (χ0n) is 10.1. The summed E-state index contributed by atoms with van der Waals surface area (Å²) in [5.41, 5.74) is 4.31. The molecule has 1 saturated heterocycles. The van der Waals surface area contributed by atoms with Crippen LogP contribution >= 0.6 is 0 Å². The highest BCUT2D eigenvalue weighted by Gasteiger charge is 2.14. The molecule has 0 saturated carbocycles. The molecule has 0 spiro atoms. The summed E-state index contributed by atoms with van der Waals surface area (Å²) in [7, 11) is 0. The number of benzene rings is 1. The first-order chi connectivity index (χ1) is 9.22. The molecule has 0 atom stereocenters. The van der Waals surface area contributed by atoms with Gasteiger partial charge in [-0.25, -0.2) is 9.80 Å². The number of rotatable bonds is 3. The van der Waals surface area contributed by atoms with Crippen molar-refractivity contribution in [1.82, 2.24) is 9.99 Å². The maximum atomic E-state index is 10.9. The maximum absolute atomic E-state index is 10.9. The molecule has 0 bridgehead atoms. The lowest BCUT2D eigenvalue weighted by molar-refractivity contribution is 0.0484. The van der Waals surface area contributed by atoms with E-state index in [1.54, 1.807) is 6.07 Å². The fourth-order valence-corrected chi connectivity index (χ4v) is 1.92. The molecule has 1 aliphatic rings. The Morgan fingerprint density at radius 2 is 2.16 bits per heavy atom. The van der Waals surface area contributed by atoms with E-state index in [1.807, 2.05) is 5.01 Å². The zero-order chi connectivity index (χ0) is 13.2. The predicted octanol–water partition coefficient (Wildman–Crippen LogP) is 1.19. The second-order valence-corrected chi connectivity index (χ2v) is 4.22. The zero-order valence-corrected chi connectivity index (χ0v) is 10.1. The van der Waals surface area contributed by atoms with Crippen molar-refractivity contribution in [2.24, 2.45) is 0 Å². The molecule has 1 aliphatic heterocycles. The Balaban J connectivity index is 1.82. The Morgan fingerprint density at radius 3 is 2.89 bits per heavy atom. The van der Waals surface area contributed by atoms with Gasteiger partial charge >= 0.3 is 12.0 Å². The number of hydrogen-bond acceptors (Lipinski definition) is 6. The molecule has 100 valence electrons. The molecule has 0 unspecified atom stereocenters. The van der Waals surface area contributed by atoms with Crippen LogP contribution in [-0.2, 0) is 4.74 Å². The lowest BCUT2D eigenvalue weighted by Crippen LogP contribution is -2.40. The molecule has 0 radical (unpaired) electrons. The smallest absolute Gasteiger partial charge is 0.335 e. The van der Waals surface area contributed by atoms with E-state index in [4.69, 9.17) is 14.3 Å². The van der Waals surface area contributed by atoms with Gasteiger partial charge in [-0.15, -0.1) is 0 Å². The quantitative estimate of drug-likeness (QED) is 0.859. The first kappa shape index (κ1) is 11.9. The molecule has 7 heteroatoms. The SMILES string of the molecule is O=C(O)c1ccc2nc(NN3CCOCC3)oc2c1. The number of morpholine rings is 1. The molecular formula is C12H13N3O4. The Labute approximate surface area is 108 Å². The lowest BCUT2D eigenvalue weighted by Gasteiger charge is -2.25. The van der Waals surface area contributed by atoms with Crippen molar-refractivity contribution in [1.29, 1.82) is 0 Å². The van der Waals surface area contributed by atoms with Crippen LogP contribution in [0.25, 0.3) is 11.1 Å². The number of carboxylic acids is 1. The van der Waals surface area contributed by atoms with Gasteiger partial charge in [-0.1, -0.05) is 0 Å². The number of nitrogens with zero attached hydrogens (tertiary/aromatic N) is 2. The number of carbonyl (C=O) groups is 1. The molecule has 0 amide bonds. The Bertz CT molecular complexity index is 604. The molecule has 1 fully saturated rings. The molecule has 19 heavy (non-hydrogen) atoms. The van der Waals surface area contributed by atoms with E-state index in [1.165, 1.54) is 12.1 Å². The number of hydrazine groups is 1. The van der Waals surface area contributed by atoms with Crippen molar-refractivity contribution in [2.75, 3.05) is 31.7 Å². The van der Waals surface area contributed by atoms with Gasteiger partial charge in [0.1, 0.15) is 5.52 Å². The van der Waals surface area contributed by atoms with Crippen molar-refractivity contribution in [2.45, 2.75) is 0 Å². The third-order valence-electron chi connectivity index (χ3n) is 2.90. The number of aromatic carboxylic acids is 1. The average Bonchev–Trinajstić information content (AvgIpc) is 2.80. The minimum atomic E-state index is -0.985. The largest absolute Gasteiger partial charge is 0.478 e. The van der Waals surface area contributed by atoms with Gasteiger partial charge in [-0.3, -0.25) is 5.43 Å². The second-order valence-electron chi connectivity index (χ2n) is 4.22. The monoisotopic (exact) mass is 263 g/mol. The van der Waals surface area contributed by atoms with Gasteiger partial charge in [-0.2, -0.15) is 4.98 Å². The highest BCUT2D eigenvalue weighted by molar-refractivity contribution is 5.92. The summed E-state index contributed by atoms with van der Waals surface area (Å²) < 4.78 is 10.7. The van der Waals surface area contributed by atoms with Crippen LogP contribution in [0, 0.1) is 0 Å². The fraction of sp³-hybridized carbons (Fsp3) is 0.333. The molecular weight excluding hydrogens is 250 g/mol. The van der Waals surface area contributed by atoms with Gasteiger partial charge < -0.3 is 14.3 Å². The molecule has 3 rings (SSSR count). The highest BCUT2D eigenvalue weighted by atomic mass is 16.5. The van der Waals surface area contributed by atoms with E-state index >= 15 is 0 Å². The minimum absolute atomic E-state index is 0.182. The number of anilines is 1. The molecule has 2 N–H and O–H groups in total. The summed E-state index contributed by atoms with van der Waals surface area (Å²) in [5.74, 6) is -0.985. The summed E-state index contributed by atoms with van der Waals surface area (Å²) in [5, 5.41) is 10.9. The van der Waals surface area contributed by atoms with Gasteiger partial charge in [-0.05, 0) is 18.2 Å². The van der Waals surface area contributed by atoms with E-state index in [-0.39, 0.29) is 5.56 Å². The van der Waals surface area contributed by atoms with Crippen LogP contribution < -0.4 is 5.43 Å². The average molecular weight is 263 g/mol. The summed E-state index contributed by atoms with van der Waals surface area (Å²) in [6, 6.07) is 4.97. The maximum Gasteiger partial charge on any atom is 0.335 e. The van der Waals surface area contributed by atoms with Crippen LogP contribution in [-0.4, -0.2) is 47.4 Å². The third kappa shape index (κ3) is 2.51. The molecule has 2 aromatic rings. The number of aromatic nitrogens is 1. The topological polar surface area (TPSA) is 87.8 Å². The summed E-state index contributed by atoms with van der Waals surface area (Å²) >= 11 is 0. The van der Waals surface area contributed by atoms with E-state index < -0.39 is 5.97 Å². The second kappa shape index (κ2) is 4.87. The lowest BCUT2D eigenvalue weighted by atomic mass is 10.2. The normalized spacial score (nSPS) is 16.6. The van der Waals surface area contributed by atoms with Crippen molar-refractivity contribution < 1.29 is 19.1 Å². The van der Waals surface area contributed by atoms with Crippen LogP contribution in [0.1, 0.15) is 10.4 Å². The number of carboxylic acid groups (broad SMARTS) is 1. The summed E-state index contributed by atoms with van der Waals surface area (Å²) in [6.07, 6.45) is 0. The van der Waals surface area contributed by atoms with Gasteiger partial charge in [0.2, 0.25) is 0 Å². The van der Waals surface area contributed by atoms with Crippen molar-refractivity contribution in [3.05, 3.63) is 23.8 Å². The number of fused-ring (bicyclic) bond motifs is 1. The number of nitrogens with one attached hydrogen (secondary N) is 1. The van der Waals surface area contributed by atoms with Crippen LogP contribution in [0.15, 0.2) is 22.6 Å². The molecule has 1 aromatic heterocycles. The van der Waals surface area contributed by atoms with Crippen LogP contribution in [0.5, 0.6) is 0 Å². The number of hydrogen-bond donors (Lipinski definition) is 2. The molecule has 0 aliphatic carbocycles. The van der Waals surface area contributed by atoms with Crippen LogP contribution in [0.3, 0.4) is 0 Å². The first-order valence-corrected chi connectivity index (χ1v) is 5.95. The Kier molecular flexibility index (Phi) is 3.06. The van der Waals surface area contributed by atoms with E-state index in [0.29, 0.717) is 30.3 Å². The summed E-state index contributed by atoms with van der Waals surface area (Å²) in [4.78, 5) is 15.1. The Morgan fingerprint density at radius 1 is 1.37 bits per heavy atom. The van der Waals surface area contributed by atoms with Gasteiger partial charge in [0.05, 0.1) is 18.8 Å².